The number of carbonyl (C=O) groups excluding carboxylic acids is 1. The lowest BCUT2D eigenvalue weighted by atomic mass is 9.92. The lowest BCUT2D eigenvalue weighted by Gasteiger charge is -2.33. The quantitative estimate of drug-likeness (QED) is 0.889. The smallest absolute Gasteiger partial charge is 0.239 e. The molecule has 25 heavy (non-hydrogen) atoms. The molecule has 132 valence electrons. The van der Waals surface area contributed by atoms with Crippen molar-refractivity contribution >= 4 is 15.7 Å². The Morgan fingerprint density at radius 3 is 2.24 bits per heavy atom. The van der Waals surface area contributed by atoms with Crippen molar-refractivity contribution in [2.75, 3.05) is 5.75 Å². The van der Waals surface area contributed by atoms with Gasteiger partial charge in [-0.2, -0.15) is 0 Å². The third-order valence-electron chi connectivity index (χ3n) is 4.68. The zero-order chi connectivity index (χ0) is 17.9. The van der Waals surface area contributed by atoms with E-state index in [9.17, 15) is 13.2 Å². The molecule has 6 heteroatoms. The van der Waals surface area contributed by atoms with Crippen molar-refractivity contribution < 1.29 is 17.9 Å². The third kappa shape index (κ3) is 3.54. The number of hydrogen-bond acceptors (Lipinski definition) is 4. The zero-order valence-electron chi connectivity index (χ0n) is 13.9. The topological polar surface area (TPSA) is 86.5 Å². The third-order valence-corrected chi connectivity index (χ3v) is 7.25. The molecule has 1 aliphatic heterocycles. The van der Waals surface area contributed by atoms with E-state index in [-0.39, 0.29) is 18.6 Å². The average Bonchev–Trinajstić information content (AvgIpc) is 2.59. The van der Waals surface area contributed by atoms with E-state index in [1.165, 1.54) is 0 Å². The highest BCUT2D eigenvalue weighted by Gasteiger charge is 2.50. The summed E-state index contributed by atoms with van der Waals surface area (Å²) in [5.41, 5.74) is 6.27. The molecular formula is C19H21NO4S. The van der Waals surface area contributed by atoms with Gasteiger partial charge in [0.05, 0.1) is 5.75 Å². The lowest BCUT2D eigenvalue weighted by Crippen LogP contribution is -2.54. The standard InChI is InChI=1S/C19H21NO4S/c20-18(21)19(12-4-5-13-25(19,22)23)14-15-8-10-17(11-9-15)24-16-6-2-1-3-7-16/h1-3,6-11H,4-5,12-14H2,(H2,20,21). The molecule has 0 saturated carbocycles. The van der Waals surface area contributed by atoms with Crippen LogP contribution in [0.2, 0.25) is 0 Å². The summed E-state index contributed by atoms with van der Waals surface area (Å²) in [4.78, 5) is 12.0. The fourth-order valence-electron chi connectivity index (χ4n) is 3.25. The summed E-state index contributed by atoms with van der Waals surface area (Å²) in [5.74, 6) is 0.635. The first kappa shape index (κ1) is 17.5. The van der Waals surface area contributed by atoms with Crippen molar-refractivity contribution in [2.45, 2.75) is 30.4 Å². The SMILES string of the molecule is NC(=O)C1(Cc2ccc(Oc3ccccc3)cc2)CCCCS1(=O)=O. The van der Waals surface area contributed by atoms with Crippen LogP contribution in [0.15, 0.2) is 54.6 Å². The molecule has 0 aromatic heterocycles. The van der Waals surface area contributed by atoms with Crippen LogP contribution in [0, 0.1) is 0 Å². The Labute approximate surface area is 147 Å². The predicted octanol–water partition coefficient (Wildman–Crippen LogP) is 2.84. The second kappa shape index (κ2) is 6.88. The van der Waals surface area contributed by atoms with E-state index in [1.54, 1.807) is 24.3 Å². The fourth-order valence-corrected chi connectivity index (χ4v) is 5.37. The molecule has 2 N–H and O–H groups in total. The average molecular weight is 359 g/mol. The van der Waals surface area contributed by atoms with Gasteiger partial charge >= 0.3 is 0 Å². The number of hydrogen-bond donors (Lipinski definition) is 1. The van der Waals surface area contributed by atoms with Crippen LogP contribution in [0.3, 0.4) is 0 Å². The van der Waals surface area contributed by atoms with Crippen molar-refractivity contribution in [2.24, 2.45) is 5.73 Å². The molecule has 3 rings (SSSR count). The molecule has 2 aromatic rings. The van der Waals surface area contributed by atoms with E-state index in [1.807, 2.05) is 30.3 Å². The Hall–Kier alpha value is -2.34. The highest BCUT2D eigenvalue weighted by molar-refractivity contribution is 7.93. The van der Waals surface area contributed by atoms with Gasteiger partial charge in [-0.25, -0.2) is 8.42 Å². The van der Waals surface area contributed by atoms with Gasteiger partial charge in [-0.05, 0) is 42.7 Å². The molecule has 1 heterocycles. The minimum atomic E-state index is -3.55. The second-order valence-electron chi connectivity index (χ2n) is 6.37. The molecule has 1 saturated heterocycles. The van der Waals surface area contributed by atoms with Gasteiger partial charge in [-0.1, -0.05) is 36.8 Å². The second-order valence-corrected chi connectivity index (χ2v) is 8.79. The van der Waals surface area contributed by atoms with Gasteiger partial charge in [0.15, 0.2) is 14.6 Å². The predicted molar refractivity (Wildman–Crippen MR) is 96.2 cm³/mol. The molecule has 1 fully saturated rings. The Morgan fingerprint density at radius 2 is 1.64 bits per heavy atom. The monoisotopic (exact) mass is 359 g/mol. The molecule has 0 aliphatic carbocycles. The van der Waals surface area contributed by atoms with E-state index in [2.05, 4.69) is 0 Å². The Kier molecular flexibility index (Phi) is 4.81. The normalized spacial score (nSPS) is 22.2. The number of benzene rings is 2. The zero-order valence-corrected chi connectivity index (χ0v) is 14.7. The van der Waals surface area contributed by atoms with E-state index < -0.39 is 20.5 Å². The van der Waals surface area contributed by atoms with Gasteiger partial charge < -0.3 is 10.5 Å². The van der Waals surface area contributed by atoms with Crippen molar-refractivity contribution in [1.82, 2.24) is 0 Å². The number of ether oxygens (including phenoxy) is 1. The van der Waals surface area contributed by atoms with Crippen LogP contribution in [0.5, 0.6) is 11.5 Å². The molecule has 1 aliphatic rings. The largest absolute Gasteiger partial charge is 0.457 e. The maximum Gasteiger partial charge on any atom is 0.239 e. The number of amides is 1. The van der Waals surface area contributed by atoms with Crippen LogP contribution in [0.25, 0.3) is 0 Å². The maximum atomic E-state index is 12.5. The summed E-state index contributed by atoms with van der Waals surface area (Å²) in [6, 6.07) is 16.5. The van der Waals surface area contributed by atoms with Crippen molar-refractivity contribution in [1.29, 1.82) is 0 Å². The molecular weight excluding hydrogens is 338 g/mol. The first-order valence-electron chi connectivity index (χ1n) is 8.27. The lowest BCUT2D eigenvalue weighted by molar-refractivity contribution is -0.120. The molecule has 2 aromatic carbocycles. The fraction of sp³-hybridized carbons (Fsp3) is 0.316. The van der Waals surface area contributed by atoms with E-state index in [0.717, 1.165) is 11.3 Å². The van der Waals surface area contributed by atoms with E-state index >= 15 is 0 Å². The molecule has 0 spiro atoms. The first-order chi connectivity index (χ1) is 11.9. The highest BCUT2D eigenvalue weighted by Crippen LogP contribution is 2.34. The summed E-state index contributed by atoms with van der Waals surface area (Å²) in [6.45, 7) is 0. The van der Waals surface area contributed by atoms with Crippen LogP contribution >= 0.6 is 0 Å². The summed E-state index contributed by atoms with van der Waals surface area (Å²) in [5, 5.41) is 0. The van der Waals surface area contributed by atoms with Gasteiger partial charge in [0, 0.05) is 6.42 Å². The van der Waals surface area contributed by atoms with Crippen molar-refractivity contribution in [3.05, 3.63) is 60.2 Å². The van der Waals surface area contributed by atoms with Crippen molar-refractivity contribution in [3.8, 4) is 11.5 Å². The number of para-hydroxylation sites is 1. The minimum absolute atomic E-state index is 0.0190. The van der Waals surface area contributed by atoms with Gasteiger partial charge in [0.1, 0.15) is 11.5 Å². The summed E-state index contributed by atoms with van der Waals surface area (Å²) < 4.78 is 29.3. The molecule has 5 nitrogen and oxygen atoms in total. The molecule has 1 unspecified atom stereocenters. The van der Waals surface area contributed by atoms with Crippen LogP contribution in [-0.2, 0) is 21.1 Å². The molecule has 0 radical (unpaired) electrons. The summed E-state index contributed by atoms with van der Waals surface area (Å²) in [6.07, 6.45) is 1.67. The van der Waals surface area contributed by atoms with E-state index in [4.69, 9.17) is 10.5 Å². The van der Waals surface area contributed by atoms with Gasteiger partial charge in [-0.15, -0.1) is 0 Å². The Bertz CT molecular complexity index is 847. The number of rotatable bonds is 5. The highest BCUT2D eigenvalue weighted by atomic mass is 32.2. The van der Waals surface area contributed by atoms with Crippen LogP contribution in [0.4, 0.5) is 0 Å². The number of carbonyl (C=O) groups is 1. The van der Waals surface area contributed by atoms with Crippen molar-refractivity contribution in [3.63, 3.8) is 0 Å². The number of sulfone groups is 1. The molecule has 0 bridgehead atoms. The van der Waals surface area contributed by atoms with E-state index in [0.29, 0.717) is 18.6 Å². The molecule has 1 atom stereocenters. The maximum absolute atomic E-state index is 12.5. The number of nitrogens with two attached hydrogens (primary N) is 1. The minimum Gasteiger partial charge on any atom is -0.457 e. The van der Waals surface area contributed by atoms with Crippen LogP contribution < -0.4 is 10.5 Å². The van der Waals surface area contributed by atoms with Gasteiger partial charge in [-0.3, -0.25) is 4.79 Å². The van der Waals surface area contributed by atoms with Crippen LogP contribution in [0.1, 0.15) is 24.8 Å². The summed E-state index contributed by atoms with van der Waals surface area (Å²) in [7, 11) is -3.55. The van der Waals surface area contributed by atoms with Crippen LogP contribution in [-0.4, -0.2) is 24.8 Å². The Morgan fingerprint density at radius 1 is 1.00 bits per heavy atom. The van der Waals surface area contributed by atoms with Gasteiger partial charge in [0.2, 0.25) is 5.91 Å². The molecule has 1 amide bonds. The number of primary amides is 1. The van der Waals surface area contributed by atoms with Gasteiger partial charge in [0.25, 0.3) is 0 Å². The Balaban J connectivity index is 1.81. The summed E-state index contributed by atoms with van der Waals surface area (Å²) >= 11 is 0. The first-order valence-corrected chi connectivity index (χ1v) is 9.92.